The molecule has 2 rings (SSSR count). The Hall–Kier alpha value is -1.26. The Morgan fingerprint density at radius 1 is 1.27 bits per heavy atom. The molecule has 0 aromatic heterocycles. The minimum Gasteiger partial charge on any atom is -0.374 e. The van der Waals surface area contributed by atoms with E-state index in [1.165, 1.54) is 18.2 Å². The molecule has 5 heteroatoms. The van der Waals surface area contributed by atoms with Gasteiger partial charge in [-0.3, -0.25) is 0 Å². The van der Waals surface area contributed by atoms with E-state index in [1.54, 1.807) is 0 Å². The molecular weight excluding hydrogens is 210 g/mol. The van der Waals surface area contributed by atoms with Crippen molar-refractivity contribution in [3.05, 3.63) is 29.6 Å². The van der Waals surface area contributed by atoms with Gasteiger partial charge in [-0.05, 0) is 25.0 Å². The molecule has 82 valence electrons. The van der Waals surface area contributed by atoms with E-state index in [0.717, 1.165) is 0 Å². The highest BCUT2D eigenvalue weighted by atomic mass is 19.4. The quantitative estimate of drug-likeness (QED) is 0.661. The number of anilines is 1. The summed E-state index contributed by atoms with van der Waals surface area (Å²) in [6.45, 7) is 0. The van der Waals surface area contributed by atoms with Crippen LogP contribution in [0.25, 0.3) is 0 Å². The van der Waals surface area contributed by atoms with Crippen LogP contribution in [0, 0.1) is 5.82 Å². The van der Waals surface area contributed by atoms with Gasteiger partial charge in [0.1, 0.15) is 11.9 Å². The van der Waals surface area contributed by atoms with E-state index in [4.69, 9.17) is 0 Å². The molecule has 1 aliphatic heterocycles. The largest absolute Gasteiger partial charge is 0.408 e. The van der Waals surface area contributed by atoms with Crippen LogP contribution in [0.15, 0.2) is 18.2 Å². The Kier molecular flexibility index (Phi) is 2.32. The van der Waals surface area contributed by atoms with Gasteiger partial charge in [0.25, 0.3) is 0 Å². The van der Waals surface area contributed by atoms with Crippen molar-refractivity contribution in [2.24, 2.45) is 0 Å². The molecule has 0 bridgehead atoms. The summed E-state index contributed by atoms with van der Waals surface area (Å²) in [5.74, 6) is -0.444. The molecule has 1 aromatic carbocycles. The molecule has 0 radical (unpaired) electrons. The summed E-state index contributed by atoms with van der Waals surface area (Å²) in [6, 6.07) is 2.57. The topological polar surface area (TPSA) is 12.0 Å². The van der Waals surface area contributed by atoms with Crippen LogP contribution < -0.4 is 5.32 Å². The molecule has 0 amide bonds. The van der Waals surface area contributed by atoms with E-state index in [9.17, 15) is 17.6 Å². The van der Waals surface area contributed by atoms with E-state index in [0.29, 0.717) is 5.56 Å². The summed E-state index contributed by atoms with van der Waals surface area (Å²) in [5.41, 5.74) is 0.599. The van der Waals surface area contributed by atoms with E-state index in [-0.39, 0.29) is 18.5 Å². The van der Waals surface area contributed by atoms with E-state index in [1.807, 2.05) is 0 Å². The number of hydrogen-bond acceptors (Lipinski definition) is 1. The maximum absolute atomic E-state index is 13.2. The highest BCUT2D eigenvalue weighted by molar-refractivity contribution is 5.54. The molecule has 15 heavy (non-hydrogen) atoms. The van der Waals surface area contributed by atoms with Crippen LogP contribution in [0.3, 0.4) is 0 Å². The van der Waals surface area contributed by atoms with E-state index < -0.39 is 18.0 Å². The van der Waals surface area contributed by atoms with Crippen LogP contribution in [0.4, 0.5) is 23.2 Å². The SMILES string of the molecule is Fc1cccc2c1CCC(C(F)(F)F)N2. The summed E-state index contributed by atoms with van der Waals surface area (Å²) in [6.07, 6.45) is -4.26. The van der Waals surface area contributed by atoms with Crippen molar-refractivity contribution in [2.45, 2.75) is 25.1 Å². The molecule has 0 fully saturated rings. The van der Waals surface area contributed by atoms with Crippen LogP contribution >= 0.6 is 0 Å². The average molecular weight is 219 g/mol. The number of halogens is 4. The molecule has 1 aromatic rings. The van der Waals surface area contributed by atoms with Crippen molar-refractivity contribution in [1.29, 1.82) is 0 Å². The molecule has 1 N–H and O–H groups in total. The molecule has 1 unspecified atom stereocenters. The second-order valence-electron chi connectivity index (χ2n) is 3.54. The van der Waals surface area contributed by atoms with Gasteiger partial charge >= 0.3 is 6.18 Å². The van der Waals surface area contributed by atoms with Gasteiger partial charge in [-0.15, -0.1) is 0 Å². The van der Waals surface area contributed by atoms with Gasteiger partial charge < -0.3 is 5.32 Å². The number of benzene rings is 1. The lowest BCUT2D eigenvalue weighted by Gasteiger charge is -2.28. The Labute approximate surface area is 84.1 Å². The second kappa shape index (κ2) is 3.40. The first-order valence-electron chi connectivity index (χ1n) is 4.59. The summed E-state index contributed by atoms with van der Waals surface area (Å²) in [4.78, 5) is 0. The number of alkyl halides is 3. The predicted octanol–water partition coefficient (Wildman–Crippen LogP) is 3.11. The Morgan fingerprint density at radius 3 is 2.67 bits per heavy atom. The highest BCUT2D eigenvalue weighted by Gasteiger charge is 2.41. The summed E-state index contributed by atoms with van der Waals surface area (Å²) < 4.78 is 50.3. The maximum Gasteiger partial charge on any atom is 0.408 e. The predicted molar refractivity (Wildman–Crippen MR) is 48.2 cm³/mol. The fraction of sp³-hybridized carbons (Fsp3) is 0.400. The minimum atomic E-state index is -4.27. The fourth-order valence-corrected chi connectivity index (χ4v) is 1.74. The third-order valence-corrected chi connectivity index (χ3v) is 2.53. The van der Waals surface area contributed by atoms with Crippen LogP contribution in [0.1, 0.15) is 12.0 Å². The Balaban J connectivity index is 2.28. The molecule has 1 nitrogen and oxygen atoms in total. The molecule has 1 heterocycles. The van der Waals surface area contributed by atoms with Gasteiger partial charge in [-0.25, -0.2) is 4.39 Å². The van der Waals surface area contributed by atoms with Crippen molar-refractivity contribution in [2.75, 3.05) is 5.32 Å². The average Bonchev–Trinajstić information content (AvgIpc) is 2.16. The summed E-state index contributed by atoms with van der Waals surface area (Å²) >= 11 is 0. The van der Waals surface area contributed by atoms with Gasteiger partial charge in [0, 0.05) is 11.3 Å². The normalized spacial score (nSPS) is 20.7. The molecule has 0 saturated carbocycles. The smallest absolute Gasteiger partial charge is 0.374 e. The van der Waals surface area contributed by atoms with Crippen LogP contribution in [0.2, 0.25) is 0 Å². The number of rotatable bonds is 0. The molecule has 0 aliphatic carbocycles. The van der Waals surface area contributed by atoms with Crippen molar-refractivity contribution in [3.8, 4) is 0 Å². The molecular formula is C10H9F4N. The second-order valence-corrected chi connectivity index (χ2v) is 3.54. The lowest BCUT2D eigenvalue weighted by Crippen LogP contribution is -2.39. The van der Waals surface area contributed by atoms with Crippen LogP contribution in [0.5, 0.6) is 0 Å². The Morgan fingerprint density at radius 2 is 2.00 bits per heavy atom. The summed E-state index contributed by atoms with van der Waals surface area (Å²) in [5, 5.41) is 2.31. The van der Waals surface area contributed by atoms with Crippen molar-refractivity contribution < 1.29 is 17.6 Å². The maximum atomic E-state index is 13.2. The number of fused-ring (bicyclic) bond motifs is 1. The summed E-state index contributed by atoms with van der Waals surface area (Å²) in [7, 11) is 0. The third-order valence-electron chi connectivity index (χ3n) is 2.53. The van der Waals surface area contributed by atoms with Crippen molar-refractivity contribution >= 4 is 5.69 Å². The zero-order chi connectivity index (χ0) is 11.1. The van der Waals surface area contributed by atoms with Crippen LogP contribution in [-0.2, 0) is 6.42 Å². The van der Waals surface area contributed by atoms with Crippen molar-refractivity contribution in [3.63, 3.8) is 0 Å². The number of nitrogens with one attached hydrogen (secondary N) is 1. The van der Waals surface area contributed by atoms with Gasteiger partial charge in [-0.2, -0.15) is 13.2 Å². The zero-order valence-electron chi connectivity index (χ0n) is 7.74. The monoisotopic (exact) mass is 219 g/mol. The van der Waals surface area contributed by atoms with Gasteiger partial charge in [0.2, 0.25) is 0 Å². The lowest BCUT2D eigenvalue weighted by molar-refractivity contribution is -0.144. The van der Waals surface area contributed by atoms with Gasteiger partial charge in [-0.1, -0.05) is 6.07 Å². The highest BCUT2D eigenvalue weighted by Crippen LogP contribution is 2.33. The van der Waals surface area contributed by atoms with Gasteiger partial charge in [0.05, 0.1) is 0 Å². The van der Waals surface area contributed by atoms with E-state index in [2.05, 4.69) is 5.32 Å². The lowest BCUT2D eigenvalue weighted by atomic mass is 9.97. The molecule has 1 atom stereocenters. The number of hydrogen-bond donors (Lipinski definition) is 1. The third kappa shape index (κ3) is 1.91. The molecule has 0 saturated heterocycles. The van der Waals surface area contributed by atoms with E-state index >= 15 is 0 Å². The molecule has 0 spiro atoms. The first-order chi connectivity index (χ1) is 6.98. The van der Waals surface area contributed by atoms with Crippen LogP contribution in [-0.4, -0.2) is 12.2 Å². The van der Waals surface area contributed by atoms with Crippen molar-refractivity contribution in [1.82, 2.24) is 0 Å². The molecule has 1 aliphatic rings. The Bertz CT molecular complexity index is 372. The standard InChI is InChI=1S/C10H9F4N/c11-7-2-1-3-8-6(7)4-5-9(15-8)10(12,13)14/h1-3,9,15H,4-5H2. The zero-order valence-corrected chi connectivity index (χ0v) is 7.74. The first-order valence-corrected chi connectivity index (χ1v) is 4.59. The van der Waals surface area contributed by atoms with Gasteiger partial charge in [0.15, 0.2) is 0 Å². The fourth-order valence-electron chi connectivity index (χ4n) is 1.74. The minimum absolute atomic E-state index is 0.114. The first kappa shape index (κ1) is 10.3.